The smallest absolute Gasteiger partial charge is 0.217 e. The molecule has 0 aliphatic heterocycles. The molecule has 3 heteroatoms. The van der Waals surface area contributed by atoms with Gasteiger partial charge in [0.25, 0.3) is 0 Å². The van der Waals surface area contributed by atoms with Gasteiger partial charge < -0.3 is 5.73 Å². The molecule has 0 heterocycles. The minimum Gasteiger partial charge on any atom is -0.320 e. The highest BCUT2D eigenvalue weighted by Crippen LogP contribution is 2.08. The number of hydrogen-bond acceptors (Lipinski definition) is 3. The summed E-state index contributed by atoms with van der Waals surface area (Å²) in [5.74, 6) is -0.602. The van der Waals surface area contributed by atoms with E-state index in [1.807, 2.05) is 30.3 Å². The van der Waals surface area contributed by atoms with Crippen LogP contribution in [0.5, 0.6) is 0 Å². The standard InChI is InChI=1S/C11H11NO2/c12-11(8-14)10(7-13)6-9-4-2-1-3-5-9/h1-5,10-11H,6,12H2/t10?,11-/m1/s1. The SMILES string of the molecule is N[C@H]([C]=O)C([C]=O)Cc1ccccc1. The molecule has 0 saturated carbocycles. The molecular weight excluding hydrogens is 178 g/mol. The zero-order valence-electron chi connectivity index (χ0n) is 7.64. The predicted molar refractivity (Wildman–Crippen MR) is 53.0 cm³/mol. The molecule has 0 aliphatic rings. The lowest BCUT2D eigenvalue weighted by Gasteiger charge is -2.11. The van der Waals surface area contributed by atoms with E-state index in [2.05, 4.69) is 0 Å². The van der Waals surface area contributed by atoms with Crippen LogP contribution in [-0.4, -0.2) is 18.6 Å². The lowest BCUT2D eigenvalue weighted by Crippen LogP contribution is -2.33. The molecule has 3 nitrogen and oxygen atoms in total. The minimum absolute atomic E-state index is 0.431. The molecule has 0 aliphatic carbocycles. The maximum atomic E-state index is 10.5. The van der Waals surface area contributed by atoms with Crippen LogP contribution in [0.3, 0.4) is 0 Å². The topological polar surface area (TPSA) is 60.2 Å². The molecule has 1 rings (SSSR count). The van der Waals surface area contributed by atoms with E-state index in [1.165, 1.54) is 0 Å². The van der Waals surface area contributed by atoms with Gasteiger partial charge in [-0.15, -0.1) is 0 Å². The molecule has 0 fully saturated rings. The summed E-state index contributed by atoms with van der Waals surface area (Å²) in [6.07, 6.45) is 3.80. The molecule has 2 radical (unpaired) electrons. The van der Waals surface area contributed by atoms with Gasteiger partial charge in [-0.3, -0.25) is 9.59 Å². The summed E-state index contributed by atoms with van der Waals surface area (Å²) in [7, 11) is 0. The average Bonchev–Trinajstić information content (AvgIpc) is 2.26. The van der Waals surface area contributed by atoms with Crippen molar-refractivity contribution in [3.05, 3.63) is 35.9 Å². The number of carbonyl (C=O) groups excluding carboxylic acids is 2. The van der Waals surface area contributed by atoms with E-state index in [9.17, 15) is 9.59 Å². The fourth-order valence-corrected chi connectivity index (χ4v) is 1.19. The largest absolute Gasteiger partial charge is 0.320 e. The Morgan fingerprint density at radius 2 is 1.79 bits per heavy atom. The van der Waals surface area contributed by atoms with E-state index in [0.717, 1.165) is 5.56 Å². The van der Waals surface area contributed by atoms with Crippen LogP contribution in [0.2, 0.25) is 0 Å². The van der Waals surface area contributed by atoms with Crippen molar-refractivity contribution < 1.29 is 9.59 Å². The van der Waals surface area contributed by atoms with E-state index in [4.69, 9.17) is 5.73 Å². The summed E-state index contributed by atoms with van der Waals surface area (Å²) < 4.78 is 0. The molecule has 1 unspecified atom stereocenters. The van der Waals surface area contributed by atoms with Crippen LogP contribution in [0.4, 0.5) is 0 Å². The highest BCUT2D eigenvalue weighted by Gasteiger charge is 2.18. The third-order valence-electron chi connectivity index (χ3n) is 2.02. The van der Waals surface area contributed by atoms with Gasteiger partial charge in [-0.1, -0.05) is 30.3 Å². The molecule has 0 saturated heterocycles. The first kappa shape index (κ1) is 10.6. The third-order valence-corrected chi connectivity index (χ3v) is 2.02. The Labute approximate surface area is 82.9 Å². The zero-order chi connectivity index (χ0) is 10.4. The minimum atomic E-state index is -0.882. The van der Waals surface area contributed by atoms with Gasteiger partial charge in [0.1, 0.15) is 0 Å². The van der Waals surface area contributed by atoms with Gasteiger partial charge in [-0.25, -0.2) is 0 Å². The van der Waals surface area contributed by atoms with Gasteiger partial charge in [0.15, 0.2) is 0 Å². The fourth-order valence-electron chi connectivity index (χ4n) is 1.19. The van der Waals surface area contributed by atoms with Crippen LogP contribution in [0.15, 0.2) is 30.3 Å². The Balaban J connectivity index is 2.66. The number of benzene rings is 1. The molecule has 2 atom stereocenters. The Bertz CT molecular complexity index is 297. The van der Waals surface area contributed by atoms with Gasteiger partial charge in [-0.05, 0) is 12.0 Å². The summed E-state index contributed by atoms with van der Waals surface area (Å²) in [4.78, 5) is 20.8. The van der Waals surface area contributed by atoms with Gasteiger partial charge in [0, 0.05) is 0 Å². The van der Waals surface area contributed by atoms with Crippen molar-refractivity contribution in [1.29, 1.82) is 0 Å². The third kappa shape index (κ3) is 2.78. The molecule has 1 aromatic rings. The van der Waals surface area contributed by atoms with Crippen molar-refractivity contribution in [2.75, 3.05) is 0 Å². The van der Waals surface area contributed by atoms with Gasteiger partial charge in [-0.2, -0.15) is 0 Å². The lowest BCUT2D eigenvalue weighted by atomic mass is 9.95. The molecule has 0 amide bonds. The van der Waals surface area contributed by atoms with Crippen molar-refractivity contribution in [1.82, 2.24) is 0 Å². The Hall–Kier alpha value is -1.48. The van der Waals surface area contributed by atoms with E-state index in [0.29, 0.717) is 6.42 Å². The molecule has 0 spiro atoms. The zero-order valence-corrected chi connectivity index (χ0v) is 7.64. The number of hydrogen-bond donors (Lipinski definition) is 1. The van der Waals surface area contributed by atoms with Crippen LogP contribution in [0.25, 0.3) is 0 Å². The normalized spacial score (nSPS) is 14.4. The molecule has 2 N–H and O–H groups in total. The van der Waals surface area contributed by atoms with Gasteiger partial charge >= 0.3 is 0 Å². The summed E-state index contributed by atoms with van der Waals surface area (Å²) in [5.41, 5.74) is 6.35. The highest BCUT2D eigenvalue weighted by atomic mass is 16.1. The molecule has 14 heavy (non-hydrogen) atoms. The fraction of sp³-hybridized carbons (Fsp3) is 0.273. The maximum Gasteiger partial charge on any atom is 0.217 e. The van der Waals surface area contributed by atoms with Crippen LogP contribution < -0.4 is 5.73 Å². The molecule has 0 aromatic heterocycles. The first-order chi connectivity index (χ1) is 6.77. The first-order valence-electron chi connectivity index (χ1n) is 4.32. The van der Waals surface area contributed by atoms with Crippen molar-refractivity contribution in [2.45, 2.75) is 12.5 Å². The Morgan fingerprint density at radius 3 is 2.29 bits per heavy atom. The molecule has 72 valence electrons. The maximum absolute atomic E-state index is 10.5. The van der Waals surface area contributed by atoms with Crippen LogP contribution in [-0.2, 0) is 16.0 Å². The van der Waals surface area contributed by atoms with Crippen molar-refractivity contribution in [3.63, 3.8) is 0 Å². The van der Waals surface area contributed by atoms with E-state index in [-0.39, 0.29) is 0 Å². The average molecular weight is 189 g/mol. The summed E-state index contributed by atoms with van der Waals surface area (Å²) in [5, 5.41) is 0. The van der Waals surface area contributed by atoms with Crippen LogP contribution in [0, 0.1) is 5.92 Å². The highest BCUT2D eigenvalue weighted by molar-refractivity contribution is 5.68. The van der Waals surface area contributed by atoms with Gasteiger partial charge in [0.2, 0.25) is 12.6 Å². The number of rotatable bonds is 5. The Morgan fingerprint density at radius 1 is 1.14 bits per heavy atom. The van der Waals surface area contributed by atoms with E-state index >= 15 is 0 Å². The Kier molecular flexibility index (Phi) is 4.01. The van der Waals surface area contributed by atoms with Crippen molar-refractivity contribution >= 4 is 12.6 Å². The monoisotopic (exact) mass is 189 g/mol. The second-order valence-corrected chi connectivity index (χ2v) is 3.06. The summed E-state index contributed by atoms with van der Waals surface area (Å²) in [6.45, 7) is 0. The second kappa shape index (κ2) is 5.29. The predicted octanol–water partition coefficient (Wildman–Crippen LogP) is 0.392. The quantitative estimate of drug-likeness (QED) is 0.729. The van der Waals surface area contributed by atoms with Crippen LogP contribution in [0.1, 0.15) is 5.56 Å². The lowest BCUT2D eigenvalue weighted by molar-refractivity contribution is 0.485. The van der Waals surface area contributed by atoms with Crippen molar-refractivity contribution in [3.8, 4) is 0 Å². The van der Waals surface area contributed by atoms with Crippen LogP contribution >= 0.6 is 0 Å². The summed E-state index contributed by atoms with van der Waals surface area (Å²) >= 11 is 0. The second-order valence-electron chi connectivity index (χ2n) is 3.06. The molecule has 1 aromatic carbocycles. The number of nitrogens with two attached hydrogens (primary N) is 1. The van der Waals surface area contributed by atoms with E-state index < -0.39 is 12.0 Å². The van der Waals surface area contributed by atoms with Gasteiger partial charge in [0.05, 0.1) is 12.0 Å². The molecular formula is C11H11NO2. The molecule has 0 bridgehead atoms. The summed E-state index contributed by atoms with van der Waals surface area (Å²) in [6, 6.07) is 8.49. The van der Waals surface area contributed by atoms with Crippen molar-refractivity contribution in [2.24, 2.45) is 11.7 Å². The van der Waals surface area contributed by atoms with E-state index in [1.54, 1.807) is 12.6 Å². The first-order valence-corrected chi connectivity index (χ1v) is 4.32.